The van der Waals surface area contributed by atoms with Crippen molar-refractivity contribution in [2.75, 3.05) is 6.54 Å². The Labute approximate surface area is 78.0 Å². The lowest BCUT2D eigenvalue weighted by atomic mass is 9.75. The van der Waals surface area contributed by atoms with Crippen LogP contribution in [0.1, 0.15) is 25.3 Å². The molecule has 0 aliphatic carbocycles. The number of halogens is 1. The topological polar surface area (TPSA) is 12.0 Å². The molecule has 0 bridgehead atoms. The van der Waals surface area contributed by atoms with Crippen LogP contribution < -0.4 is 5.32 Å². The highest BCUT2D eigenvalue weighted by Crippen LogP contribution is 2.35. The van der Waals surface area contributed by atoms with Gasteiger partial charge >= 0.3 is 0 Å². The highest BCUT2D eigenvalue weighted by molar-refractivity contribution is 5.28. The number of hydrogen-bond acceptors (Lipinski definition) is 1. The third kappa shape index (κ3) is 1.35. The van der Waals surface area contributed by atoms with E-state index in [4.69, 9.17) is 0 Å². The van der Waals surface area contributed by atoms with E-state index in [9.17, 15) is 4.39 Å². The Morgan fingerprint density at radius 3 is 2.54 bits per heavy atom. The lowest BCUT2D eigenvalue weighted by Crippen LogP contribution is -2.59. The van der Waals surface area contributed by atoms with Gasteiger partial charge in [0, 0.05) is 18.0 Å². The largest absolute Gasteiger partial charge is 0.310 e. The minimum Gasteiger partial charge on any atom is -0.310 e. The van der Waals surface area contributed by atoms with Crippen molar-refractivity contribution in [1.82, 2.24) is 5.32 Å². The summed E-state index contributed by atoms with van der Waals surface area (Å²) in [6.45, 7) is 5.09. The fourth-order valence-electron chi connectivity index (χ4n) is 1.87. The van der Waals surface area contributed by atoms with Gasteiger partial charge in [0.25, 0.3) is 0 Å². The Morgan fingerprint density at radius 2 is 2.08 bits per heavy atom. The van der Waals surface area contributed by atoms with Crippen molar-refractivity contribution in [2.24, 2.45) is 0 Å². The summed E-state index contributed by atoms with van der Waals surface area (Å²) in [6.07, 6.45) is 0. The summed E-state index contributed by atoms with van der Waals surface area (Å²) in [6, 6.07) is 7.04. The van der Waals surface area contributed by atoms with E-state index in [1.807, 2.05) is 12.1 Å². The van der Waals surface area contributed by atoms with Crippen molar-refractivity contribution in [3.05, 3.63) is 35.6 Å². The molecule has 0 radical (unpaired) electrons. The molecule has 70 valence electrons. The van der Waals surface area contributed by atoms with Crippen molar-refractivity contribution in [3.8, 4) is 0 Å². The minimum atomic E-state index is -0.0814. The maximum atomic E-state index is 13.4. The van der Waals surface area contributed by atoms with Crippen LogP contribution in [0.3, 0.4) is 0 Å². The molecule has 0 spiro atoms. The smallest absolute Gasteiger partial charge is 0.126 e. The van der Waals surface area contributed by atoms with Crippen LogP contribution in [0.15, 0.2) is 24.3 Å². The molecule has 1 saturated heterocycles. The first-order valence-corrected chi connectivity index (χ1v) is 4.61. The van der Waals surface area contributed by atoms with E-state index in [2.05, 4.69) is 19.2 Å². The van der Waals surface area contributed by atoms with Crippen LogP contribution in [0.25, 0.3) is 0 Å². The average molecular weight is 179 g/mol. The molecule has 2 heteroatoms. The molecular formula is C11H14FN. The molecule has 13 heavy (non-hydrogen) atoms. The second-order valence-corrected chi connectivity index (χ2v) is 4.18. The van der Waals surface area contributed by atoms with Crippen LogP contribution in [-0.4, -0.2) is 12.1 Å². The Balaban J connectivity index is 2.32. The van der Waals surface area contributed by atoms with Gasteiger partial charge in [0.2, 0.25) is 0 Å². The van der Waals surface area contributed by atoms with E-state index < -0.39 is 0 Å². The summed E-state index contributed by atoms with van der Waals surface area (Å²) in [5.41, 5.74) is 0.883. The number of rotatable bonds is 1. The molecule has 1 aromatic rings. The SMILES string of the molecule is CC1(C)NCC1c1ccccc1F. The zero-order valence-electron chi connectivity index (χ0n) is 7.97. The quantitative estimate of drug-likeness (QED) is 0.697. The van der Waals surface area contributed by atoms with Gasteiger partial charge in [0.05, 0.1) is 0 Å². The van der Waals surface area contributed by atoms with Crippen LogP contribution in [0.2, 0.25) is 0 Å². The Kier molecular flexibility index (Phi) is 1.88. The third-order valence-corrected chi connectivity index (χ3v) is 2.91. The van der Waals surface area contributed by atoms with Gasteiger partial charge in [0.15, 0.2) is 0 Å². The van der Waals surface area contributed by atoms with Gasteiger partial charge in [-0.15, -0.1) is 0 Å². The molecule has 0 amide bonds. The summed E-state index contributed by atoms with van der Waals surface area (Å²) in [5, 5.41) is 3.29. The molecule has 1 nitrogen and oxygen atoms in total. The van der Waals surface area contributed by atoms with Gasteiger partial charge in [-0.2, -0.15) is 0 Å². The fraction of sp³-hybridized carbons (Fsp3) is 0.455. The minimum absolute atomic E-state index is 0.0438. The molecule has 1 aliphatic heterocycles. The zero-order valence-corrected chi connectivity index (χ0v) is 7.97. The first kappa shape index (κ1) is 8.70. The molecule has 1 unspecified atom stereocenters. The van der Waals surface area contributed by atoms with Crippen molar-refractivity contribution >= 4 is 0 Å². The Bertz CT molecular complexity index is 320. The molecule has 1 fully saturated rings. The van der Waals surface area contributed by atoms with E-state index in [1.54, 1.807) is 6.07 Å². The zero-order chi connectivity index (χ0) is 9.47. The normalized spacial score (nSPS) is 25.3. The van der Waals surface area contributed by atoms with E-state index >= 15 is 0 Å². The summed E-state index contributed by atoms with van der Waals surface area (Å²) >= 11 is 0. The van der Waals surface area contributed by atoms with Gasteiger partial charge in [-0.05, 0) is 25.5 Å². The fourth-order valence-corrected chi connectivity index (χ4v) is 1.87. The predicted octanol–water partition coefficient (Wildman–Crippen LogP) is 2.29. The Hall–Kier alpha value is -0.890. The lowest BCUT2D eigenvalue weighted by Gasteiger charge is -2.46. The van der Waals surface area contributed by atoms with Gasteiger partial charge in [-0.1, -0.05) is 18.2 Å². The first-order valence-electron chi connectivity index (χ1n) is 4.61. The van der Waals surface area contributed by atoms with E-state index in [-0.39, 0.29) is 11.4 Å². The van der Waals surface area contributed by atoms with Gasteiger partial charge < -0.3 is 5.32 Å². The number of hydrogen-bond donors (Lipinski definition) is 1. The molecule has 0 saturated carbocycles. The highest BCUT2D eigenvalue weighted by atomic mass is 19.1. The highest BCUT2D eigenvalue weighted by Gasteiger charge is 2.39. The van der Waals surface area contributed by atoms with E-state index in [0.717, 1.165) is 12.1 Å². The van der Waals surface area contributed by atoms with Gasteiger partial charge in [-0.25, -0.2) is 4.39 Å². The summed E-state index contributed by atoms with van der Waals surface area (Å²) in [4.78, 5) is 0. The van der Waals surface area contributed by atoms with Crippen LogP contribution in [0, 0.1) is 5.82 Å². The summed E-state index contributed by atoms with van der Waals surface area (Å²) in [5.74, 6) is 0.232. The molecular weight excluding hydrogens is 165 g/mol. The van der Waals surface area contributed by atoms with Crippen LogP contribution >= 0.6 is 0 Å². The van der Waals surface area contributed by atoms with Crippen molar-refractivity contribution < 1.29 is 4.39 Å². The van der Waals surface area contributed by atoms with Gasteiger partial charge in [-0.3, -0.25) is 0 Å². The van der Waals surface area contributed by atoms with E-state index in [1.165, 1.54) is 6.07 Å². The Morgan fingerprint density at radius 1 is 1.38 bits per heavy atom. The molecule has 0 aromatic heterocycles. The molecule has 2 rings (SSSR count). The second-order valence-electron chi connectivity index (χ2n) is 4.18. The van der Waals surface area contributed by atoms with Crippen LogP contribution in [-0.2, 0) is 0 Å². The summed E-state index contributed by atoms with van der Waals surface area (Å²) in [7, 11) is 0. The molecule has 1 atom stereocenters. The number of nitrogens with one attached hydrogen (secondary N) is 1. The number of benzene rings is 1. The second kappa shape index (κ2) is 2.81. The standard InChI is InChI=1S/C11H14FN/c1-11(2)9(7-13-11)8-5-3-4-6-10(8)12/h3-6,9,13H,7H2,1-2H3. The predicted molar refractivity (Wildman–Crippen MR) is 51.2 cm³/mol. The molecule has 1 heterocycles. The van der Waals surface area contributed by atoms with Crippen molar-refractivity contribution in [3.63, 3.8) is 0 Å². The maximum absolute atomic E-state index is 13.4. The first-order chi connectivity index (χ1) is 6.11. The third-order valence-electron chi connectivity index (χ3n) is 2.91. The average Bonchev–Trinajstić information content (AvgIpc) is 2.07. The van der Waals surface area contributed by atoms with Crippen LogP contribution in [0.5, 0.6) is 0 Å². The van der Waals surface area contributed by atoms with E-state index in [0.29, 0.717) is 5.92 Å². The lowest BCUT2D eigenvalue weighted by molar-refractivity contribution is 0.204. The van der Waals surface area contributed by atoms with Crippen molar-refractivity contribution in [1.29, 1.82) is 0 Å². The molecule has 1 aliphatic rings. The molecule has 1 N–H and O–H groups in total. The molecule has 1 aromatic carbocycles. The monoisotopic (exact) mass is 179 g/mol. The van der Waals surface area contributed by atoms with Crippen molar-refractivity contribution in [2.45, 2.75) is 25.3 Å². The summed E-state index contributed by atoms with van der Waals surface area (Å²) < 4.78 is 13.4. The maximum Gasteiger partial charge on any atom is 0.126 e. The van der Waals surface area contributed by atoms with Gasteiger partial charge in [0.1, 0.15) is 5.82 Å². The van der Waals surface area contributed by atoms with Crippen LogP contribution in [0.4, 0.5) is 4.39 Å².